The number of carbonyl (C=O) groups is 2. The summed E-state index contributed by atoms with van der Waals surface area (Å²) in [6.45, 7) is 5.30. The number of rotatable bonds is 8. The highest BCUT2D eigenvalue weighted by Gasteiger charge is 2.22. The van der Waals surface area contributed by atoms with E-state index in [1.807, 2.05) is 36.4 Å². The lowest BCUT2D eigenvalue weighted by Gasteiger charge is -2.32. The van der Waals surface area contributed by atoms with Crippen molar-refractivity contribution in [2.75, 3.05) is 49.6 Å². The first-order chi connectivity index (χ1) is 20.6. The second-order valence-electron chi connectivity index (χ2n) is 10.5. The SMILES string of the molecule is O=C(C=S)NC1CCCN(Cc2ccnc(C(=O)Nc3ccc(-c4cc5c(N6CCOCC6)ncnc5[nH]4)cc3)c2)C1. The van der Waals surface area contributed by atoms with E-state index in [1.165, 1.54) is 0 Å². The molecule has 1 unspecified atom stereocenters. The lowest BCUT2D eigenvalue weighted by Crippen LogP contribution is -2.47. The van der Waals surface area contributed by atoms with Crippen LogP contribution in [0.2, 0.25) is 0 Å². The van der Waals surface area contributed by atoms with E-state index in [0.29, 0.717) is 31.1 Å². The number of H-pyrrole nitrogens is 1. The Hall–Kier alpha value is -4.26. The fourth-order valence-electron chi connectivity index (χ4n) is 5.54. The smallest absolute Gasteiger partial charge is 0.274 e. The second-order valence-corrected chi connectivity index (χ2v) is 10.8. The molecule has 3 aromatic heterocycles. The zero-order chi connectivity index (χ0) is 28.9. The van der Waals surface area contributed by atoms with Crippen LogP contribution < -0.4 is 15.5 Å². The van der Waals surface area contributed by atoms with E-state index in [0.717, 1.165) is 78.1 Å². The van der Waals surface area contributed by atoms with Crippen LogP contribution >= 0.6 is 12.2 Å². The lowest BCUT2D eigenvalue weighted by molar-refractivity contribution is -0.115. The van der Waals surface area contributed by atoms with Crippen molar-refractivity contribution in [3.8, 4) is 11.3 Å². The van der Waals surface area contributed by atoms with Crippen molar-refractivity contribution < 1.29 is 14.3 Å². The Morgan fingerprint density at radius 1 is 1.07 bits per heavy atom. The molecule has 0 bridgehead atoms. The van der Waals surface area contributed by atoms with Gasteiger partial charge in [0.2, 0.25) is 0 Å². The average molecular weight is 585 g/mol. The lowest BCUT2D eigenvalue weighted by atomic mass is 10.0. The molecule has 1 aromatic carbocycles. The van der Waals surface area contributed by atoms with Crippen molar-refractivity contribution >= 4 is 51.9 Å². The summed E-state index contributed by atoms with van der Waals surface area (Å²) >= 11 is 4.72. The van der Waals surface area contributed by atoms with Crippen molar-refractivity contribution in [1.29, 1.82) is 0 Å². The number of carbonyl (C=O) groups excluding carboxylic acids is 2. The normalized spacial score (nSPS) is 17.6. The van der Waals surface area contributed by atoms with Gasteiger partial charge in [-0.1, -0.05) is 24.4 Å². The first-order valence-corrected chi connectivity index (χ1v) is 14.5. The van der Waals surface area contributed by atoms with Gasteiger partial charge in [0, 0.05) is 49.8 Å². The van der Waals surface area contributed by atoms with Crippen LogP contribution in [0.5, 0.6) is 0 Å². The minimum absolute atomic E-state index is 0.0714. The van der Waals surface area contributed by atoms with Gasteiger partial charge in [-0.2, -0.15) is 0 Å². The number of thiocarbonyl (C=S) groups is 1. The third-order valence-corrected chi connectivity index (χ3v) is 7.81. The molecule has 2 saturated heterocycles. The number of piperidine rings is 1. The van der Waals surface area contributed by atoms with Crippen LogP contribution in [0.1, 0.15) is 28.9 Å². The number of nitrogens with zero attached hydrogens (tertiary/aromatic N) is 5. The van der Waals surface area contributed by atoms with Crippen LogP contribution in [0.15, 0.2) is 55.0 Å². The van der Waals surface area contributed by atoms with Crippen molar-refractivity contribution in [2.24, 2.45) is 0 Å². The molecule has 4 aromatic rings. The molecule has 42 heavy (non-hydrogen) atoms. The molecule has 0 radical (unpaired) electrons. The molecule has 2 amide bonds. The third kappa shape index (κ3) is 6.46. The maximum Gasteiger partial charge on any atom is 0.274 e. The maximum absolute atomic E-state index is 13.0. The molecule has 0 aliphatic carbocycles. The van der Waals surface area contributed by atoms with E-state index in [4.69, 9.17) is 17.0 Å². The van der Waals surface area contributed by atoms with E-state index in [1.54, 1.807) is 12.5 Å². The molecule has 5 heterocycles. The van der Waals surface area contributed by atoms with Crippen LogP contribution in [0.4, 0.5) is 11.5 Å². The number of fused-ring (bicyclic) bond motifs is 1. The largest absolute Gasteiger partial charge is 0.378 e. The number of morpholine rings is 1. The van der Waals surface area contributed by atoms with Crippen molar-refractivity contribution in [1.82, 2.24) is 30.2 Å². The summed E-state index contributed by atoms with van der Waals surface area (Å²) in [7, 11) is 0. The van der Waals surface area contributed by atoms with Gasteiger partial charge in [-0.05, 0) is 60.8 Å². The van der Waals surface area contributed by atoms with Crippen LogP contribution in [0, 0.1) is 0 Å². The van der Waals surface area contributed by atoms with E-state index < -0.39 is 0 Å². The van der Waals surface area contributed by atoms with Gasteiger partial charge in [0.1, 0.15) is 23.5 Å². The Kier molecular flexibility index (Phi) is 8.45. The molecule has 2 fully saturated rings. The first-order valence-electron chi connectivity index (χ1n) is 14.1. The second kappa shape index (κ2) is 12.7. The molecule has 0 spiro atoms. The van der Waals surface area contributed by atoms with E-state index in [2.05, 4.69) is 46.4 Å². The van der Waals surface area contributed by atoms with E-state index in [9.17, 15) is 9.59 Å². The van der Waals surface area contributed by atoms with Gasteiger partial charge >= 0.3 is 0 Å². The zero-order valence-corrected chi connectivity index (χ0v) is 23.9. The number of aromatic amines is 1. The van der Waals surface area contributed by atoms with Crippen LogP contribution in [0.3, 0.4) is 0 Å². The molecule has 12 heteroatoms. The van der Waals surface area contributed by atoms with Crippen LogP contribution in [0.25, 0.3) is 22.3 Å². The Balaban J connectivity index is 1.10. The predicted octanol–water partition coefficient (Wildman–Crippen LogP) is 3.19. The average Bonchev–Trinajstić information content (AvgIpc) is 3.47. The summed E-state index contributed by atoms with van der Waals surface area (Å²) in [6.07, 6.45) is 5.16. The Bertz CT molecular complexity index is 1590. The summed E-state index contributed by atoms with van der Waals surface area (Å²) in [5.41, 5.74) is 4.70. The van der Waals surface area contributed by atoms with Gasteiger partial charge in [-0.3, -0.25) is 19.5 Å². The molecule has 2 aliphatic heterocycles. The molecule has 216 valence electrons. The summed E-state index contributed by atoms with van der Waals surface area (Å²) in [6, 6.07) is 13.5. The highest BCUT2D eigenvalue weighted by Crippen LogP contribution is 2.29. The molecule has 0 saturated carbocycles. The molecule has 2 aliphatic rings. The van der Waals surface area contributed by atoms with Crippen molar-refractivity contribution in [3.63, 3.8) is 0 Å². The van der Waals surface area contributed by atoms with Crippen molar-refractivity contribution in [3.05, 3.63) is 66.2 Å². The van der Waals surface area contributed by atoms with Crippen LogP contribution in [-0.2, 0) is 16.1 Å². The van der Waals surface area contributed by atoms with Gasteiger partial charge in [-0.15, -0.1) is 0 Å². The molecule has 3 N–H and O–H groups in total. The number of hydrogen-bond acceptors (Lipinski definition) is 9. The van der Waals surface area contributed by atoms with E-state index >= 15 is 0 Å². The van der Waals surface area contributed by atoms with Gasteiger partial charge < -0.3 is 25.3 Å². The number of anilines is 2. The maximum atomic E-state index is 13.0. The standard InChI is InChI=1S/C30H32N8O3S/c39-27(18-42)34-23-2-1-9-37(17-23)16-20-7-8-31-26(14-20)30(40)35-22-5-3-21(4-6-22)25-15-24-28(36-25)32-19-33-29(24)38-10-12-41-13-11-38/h3-8,14-15,18-19,23H,1-2,9-13,16-17H2,(H,34,39)(H,35,40)(H,32,33,36). The fraction of sp³-hybridized carbons (Fsp3) is 0.333. The summed E-state index contributed by atoms with van der Waals surface area (Å²) in [4.78, 5) is 45.8. The number of benzene rings is 1. The molecule has 6 rings (SSSR count). The van der Waals surface area contributed by atoms with Crippen LogP contribution in [-0.4, -0.2) is 87.5 Å². The molecule has 11 nitrogen and oxygen atoms in total. The van der Waals surface area contributed by atoms with Crippen molar-refractivity contribution in [2.45, 2.75) is 25.4 Å². The monoisotopic (exact) mass is 584 g/mol. The molecule has 1 atom stereocenters. The minimum atomic E-state index is -0.273. The van der Waals surface area contributed by atoms with E-state index in [-0.39, 0.29) is 17.9 Å². The highest BCUT2D eigenvalue weighted by molar-refractivity contribution is 7.80. The van der Waals surface area contributed by atoms with Gasteiger partial charge in [-0.25, -0.2) is 9.97 Å². The number of hydrogen-bond donors (Lipinski definition) is 3. The zero-order valence-electron chi connectivity index (χ0n) is 23.1. The Morgan fingerprint density at radius 2 is 1.90 bits per heavy atom. The summed E-state index contributed by atoms with van der Waals surface area (Å²) in [5.74, 6) is 0.411. The number of ether oxygens (including phenoxy) is 1. The Morgan fingerprint density at radius 3 is 2.71 bits per heavy atom. The number of nitrogens with one attached hydrogen (secondary N) is 3. The number of amides is 2. The topological polar surface area (TPSA) is 128 Å². The van der Waals surface area contributed by atoms with Gasteiger partial charge in [0.05, 0.1) is 24.0 Å². The number of pyridine rings is 1. The summed E-state index contributed by atoms with van der Waals surface area (Å²) in [5, 5.41) is 8.01. The third-order valence-electron chi connectivity index (χ3n) is 7.59. The molecular formula is C30H32N8O3S. The number of likely N-dealkylation sites (tertiary alicyclic amines) is 1. The summed E-state index contributed by atoms with van der Waals surface area (Å²) < 4.78 is 5.48. The fourth-order valence-corrected chi connectivity index (χ4v) is 5.61. The quantitative estimate of drug-likeness (QED) is 0.268. The number of aromatic nitrogens is 4. The predicted molar refractivity (Wildman–Crippen MR) is 165 cm³/mol. The highest BCUT2D eigenvalue weighted by atomic mass is 32.1. The minimum Gasteiger partial charge on any atom is -0.378 e. The van der Waals surface area contributed by atoms with Gasteiger partial charge in [0.25, 0.3) is 11.8 Å². The molecular weight excluding hydrogens is 552 g/mol. The van der Waals surface area contributed by atoms with Gasteiger partial charge in [0.15, 0.2) is 0 Å². The first kappa shape index (κ1) is 27.9. The Labute approximate surface area is 248 Å².